The molecule has 1 atom stereocenters. The number of hydrogen-bond donors (Lipinski definition) is 4. The molecule has 162 valence electrons. The van der Waals surface area contributed by atoms with E-state index >= 15 is 0 Å². The molecule has 8 nitrogen and oxygen atoms in total. The Kier molecular flexibility index (Phi) is 7.05. The maximum Gasteiger partial charge on any atom is 0.405 e. The van der Waals surface area contributed by atoms with Crippen molar-refractivity contribution in [3.63, 3.8) is 0 Å². The van der Waals surface area contributed by atoms with Gasteiger partial charge in [-0.15, -0.1) is 0 Å². The minimum Gasteiger partial charge on any atom is -0.351 e. The van der Waals surface area contributed by atoms with Crippen LogP contribution < -0.4 is 21.1 Å². The minimum absolute atomic E-state index is 0.108. The number of amides is 3. The highest BCUT2D eigenvalue weighted by Gasteiger charge is 2.28. The Bertz CT molecular complexity index is 1010. The molecular weight excluding hydrogens is 425 g/mol. The highest BCUT2D eigenvalue weighted by atomic mass is 32.2. The number of carbonyl (C=O) groups excluding carboxylic acids is 2. The van der Waals surface area contributed by atoms with Crippen molar-refractivity contribution in [2.45, 2.75) is 24.0 Å². The second-order valence-electron chi connectivity index (χ2n) is 6.28. The summed E-state index contributed by atoms with van der Waals surface area (Å²) < 4.78 is 64.0. The molecule has 3 amide bonds. The monoisotopic (exact) mass is 444 g/mol. The van der Waals surface area contributed by atoms with Gasteiger partial charge < -0.3 is 16.4 Å². The van der Waals surface area contributed by atoms with Crippen LogP contribution in [0.2, 0.25) is 0 Å². The van der Waals surface area contributed by atoms with Crippen molar-refractivity contribution in [2.75, 3.05) is 11.9 Å². The van der Waals surface area contributed by atoms with E-state index in [0.717, 1.165) is 24.3 Å². The van der Waals surface area contributed by atoms with Crippen molar-refractivity contribution < 1.29 is 31.2 Å². The Hall–Kier alpha value is -3.12. The number of primary amides is 1. The zero-order chi connectivity index (χ0) is 22.5. The zero-order valence-corrected chi connectivity index (χ0v) is 16.5. The number of halogens is 3. The van der Waals surface area contributed by atoms with Crippen LogP contribution in [0.3, 0.4) is 0 Å². The van der Waals surface area contributed by atoms with Crippen molar-refractivity contribution in [3.8, 4) is 0 Å². The Labute approximate surface area is 170 Å². The third kappa shape index (κ3) is 6.74. The molecule has 0 aliphatic heterocycles. The quantitative estimate of drug-likeness (QED) is 0.523. The summed E-state index contributed by atoms with van der Waals surface area (Å²) in [6.07, 6.45) is -4.55. The molecule has 12 heteroatoms. The van der Waals surface area contributed by atoms with Gasteiger partial charge in [-0.3, -0.25) is 4.79 Å². The summed E-state index contributed by atoms with van der Waals surface area (Å²) in [5.74, 6) is -0.970. The first-order valence-corrected chi connectivity index (χ1v) is 9.99. The minimum atomic E-state index is -4.55. The predicted molar refractivity (Wildman–Crippen MR) is 103 cm³/mol. The van der Waals surface area contributed by atoms with E-state index in [1.165, 1.54) is 0 Å². The smallest absolute Gasteiger partial charge is 0.351 e. The van der Waals surface area contributed by atoms with E-state index in [9.17, 15) is 31.2 Å². The van der Waals surface area contributed by atoms with Gasteiger partial charge in [0.2, 0.25) is 10.0 Å². The summed E-state index contributed by atoms with van der Waals surface area (Å²) in [5, 5.41) is 4.09. The van der Waals surface area contributed by atoms with Gasteiger partial charge in [-0.05, 0) is 48.9 Å². The van der Waals surface area contributed by atoms with Gasteiger partial charge in [0.25, 0.3) is 5.91 Å². The molecule has 0 heterocycles. The molecule has 30 heavy (non-hydrogen) atoms. The molecule has 0 aliphatic carbocycles. The van der Waals surface area contributed by atoms with Crippen LogP contribution in [0.5, 0.6) is 0 Å². The van der Waals surface area contributed by atoms with Crippen molar-refractivity contribution >= 4 is 27.6 Å². The fourth-order valence-electron chi connectivity index (χ4n) is 2.43. The van der Waals surface area contributed by atoms with Gasteiger partial charge in [0.15, 0.2) is 0 Å². The molecule has 0 bridgehead atoms. The van der Waals surface area contributed by atoms with E-state index in [4.69, 9.17) is 5.73 Å². The highest BCUT2D eigenvalue weighted by Crippen LogP contribution is 2.20. The van der Waals surface area contributed by atoms with Gasteiger partial charge in [0.1, 0.15) is 6.54 Å². The van der Waals surface area contributed by atoms with E-state index in [1.54, 1.807) is 36.5 Å². The predicted octanol–water partition coefficient (Wildman–Crippen LogP) is 2.51. The molecule has 2 rings (SSSR count). The fourth-order valence-corrected chi connectivity index (χ4v) is 3.67. The molecule has 0 spiro atoms. The SMILES string of the molecule is CC(NS(=O)(=O)c1ccc(C(=O)NCC(F)(F)F)cc1)c1ccc(NC(N)=O)cc1. The van der Waals surface area contributed by atoms with Crippen LogP contribution in [-0.2, 0) is 10.0 Å². The van der Waals surface area contributed by atoms with Crippen LogP contribution in [-0.4, -0.2) is 33.1 Å². The Morgan fingerprint density at radius 2 is 1.60 bits per heavy atom. The molecule has 0 radical (unpaired) electrons. The summed E-state index contributed by atoms with van der Waals surface area (Å²) in [6.45, 7) is 0.117. The van der Waals surface area contributed by atoms with Crippen molar-refractivity contribution in [2.24, 2.45) is 5.73 Å². The van der Waals surface area contributed by atoms with Crippen molar-refractivity contribution in [3.05, 3.63) is 59.7 Å². The number of benzene rings is 2. The van der Waals surface area contributed by atoms with E-state index < -0.39 is 40.7 Å². The summed E-state index contributed by atoms with van der Waals surface area (Å²) >= 11 is 0. The largest absolute Gasteiger partial charge is 0.405 e. The van der Waals surface area contributed by atoms with Crippen LogP contribution in [0.4, 0.5) is 23.7 Å². The van der Waals surface area contributed by atoms with Crippen molar-refractivity contribution in [1.29, 1.82) is 0 Å². The first-order valence-electron chi connectivity index (χ1n) is 8.51. The number of nitrogens with two attached hydrogens (primary N) is 1. The van der Waals surface area contributed by atoms with E-state index in [0.29, 0.717) is 11.3 Å². The molecule has 0 saturated carbocycles. The first-order chi connectivity index (χ1) is 13.9. The number of nitrogens with one attached hydrogen (secondary N) is 3. The molecule has 0 fully saturated rings. The third-order valence-electron chi connectivity index (χ3n) is 3.89. The summed E-state index contributed by atoms with van der Waals surface area (Å²) in [4.78, 5) is 22.4. The molecular formula is C18H19F3N4O4S. The van der Waals surface area contributed by atoms with Crippen LogP contribution in [0.1, 0.15) is 28.9 Å². The van der Waals surface area contributed by atoms with E-state index in [-0.39, 0.29) is 10.5 Å². The van der Waals surface area contributed by atoms with Gasteiger partial charge in [0.05, 0.1) is 4.90 Å². The third-order valence-corrected chi connectivity index (χ3v) is 5.44. The topological polar surface area (TPSA) is 130 Å². The molecule has 0 aliphatic rings. The first kappa shape index (κ1) is 23.2. The molecule has 2 aromatic carbocycles. The van der Waals surface area contributed by atoms with Crippen LogP contribution >= 0.6 is 0 Å². The maximum atomic E-state index is 12.5. The summed E-state index contributed by atoms with van der Waals surface area (Å²) in [6, 6.07) is 9.44. The molecule has 5 N–H and O–H groups in total. The Morgan fingerprint density at radius 3 is 2.10 bits per heavy atom. The Morgan fingerprint density at radius 1 is 1.03 bits per heavy atom. The van der Waals surface area contributed by atoms with Crippen LogP contribution in [0, 0.1) is 0 Å². The van der Waals surface area contributed by atoms with Gasteiger partial charge in [-0.2, -0.15) is 13.2 Å². The number of hydrogen-bond acceptors (Lipinski definition) is 4. The fraction of sp³-hybridized carbons (Fsp3) is 0.222. The Balaban J connectivity index is 2.06. The highest BCUT2D eigenvalue weighted by molar-refractivity contribution is 7.89. The lowest BCUT2D eigenvalue weighted by Gasteiger charge is -2.15. The lowest BCUT2D eigenvalue weighted by molar-refractivity contribution is -0.123. The lowest BCUT2D eigenvalue weighted by atomic mass is 10.1. The molecule has 2 aromatic rings. The van der Waals surface area contributed by atoms with Gasteiger partial charge >= 0.3 is 12.2 Å². The number of anilines is 1. The average Bonchev–Trinajstić information content (AvgIpc) is 2.65. The number of sulfonamides is 1. The normalized spacial score (nSPS) is 12.8. The number of rotatable bonds is 7. The second-order valence-corrected chi connectivity index (χ2v) is 7.99. The average molecular weight is 444 g/mol. The lowest BCUT2D eigenvalue weighted by Crippen LogP contribution is -2.33. The van der Waals surface area contributed by atoms with Gasteiger partial charge in [0, 0.05) is 17.3 Å². The van der Waals surface area contributed by atoms with Gasteiger partial charge in [-0.1, -0.05) is 12.1 Å². The van der Waals surface area contributed by atoms with Gasteiger partial charge in [-0.25, -0.2) is 17.9 Å². The molecule has 1 unspecified atom stereocenters. The zero-order valence-electron chi connectivity index (χ0n) is 15.7. The number of alkyl halides is 3. The second kappa shape index (κ2) is 9.13. The van der Waals surface area contributed by atoms with Crippen molar-refractivity contribution in [1.82, 2.24) is 10.0 Å². The molecule has 0 aromatic heterocycles. The summed E-state index contributed by atoms with van der Waals surface area (Å²) in [5.41, 5.74) is 5.96. The van der Waals surface area contributed by atoms with Crippen LogP contribution in [0.25, 0.3) is 0 Å². The number of urea groups is 1. The standard InChI is InChI=1S/C18H19F3N4O4S/c1-11(12-2-6-14(7-3-12)24-17(22)27)25-30(28,29)15-8-4-13(5-9-15)16(26)23-10-18(19,20)21/h2-9,11,25H,10H2,1H3,(H,23,26)(H3,22,24,27). The number of carbonyl (C=O) groups is 2. The maximum absolute atomic E-state index is 12.5. The van der Waals surface area contributed by atoms with E-state index in [1.807, 2.05) is 0 Å². The summed E-state index contributed by atoms with van der Waals surface area (Å²) in [7, 11) is -3.97. The van der Waals surface area contributed by atoms with Crippen LogP contribution in [0.15, 0.2) is 53.4 Å². The van der Waals surface area contributed by atoms with E-state index in [2.05, 4.69) is 10.0 Å². The molecule has 0 saturated heterocycles.